The monoisotopic (exact) mass is 409 g/mol. The van der Waals surface area contributed by atoms with E-state index in [9.17, 15) is 22.8 Å². The van der Waals surface area contributed by atoms with E-state index in [-0.39, 0.29) is 36.3 Å². The molecule has 0 unspecified atom stereocenters. The van der Waals surface area contributed by atoms with Crippen molar-refractivity contribution in [2.75, 3.05) is 19.6 Å². The van der Waals surface area contributed by atoms with Crippen LogP contribution in [0.5, 0.6) is 0 Å². The van der Waals surface area contributed by atoms with Gasteiger partial charge in [0.25, 0.3) is 0 Å². The summed E-state index contributed by atoms with van der Waals surface area (Å²) in [5, 5.41) is 0. The van der Waals surface area contributed by atoms with E-state index in [1.165, 1.54) is 0 Å². The zero-order chi connectivity index (χ0) is 20.7. The lowest BCUT2D eigenvalue weighted by molar-refractivity contribution is -0.134. The van der Waals surface area contributed by atoms with Crippen LogP contribution >= 0.6 is 0 Å². The molecule has 0 aromatic heterocycles. The fraction of sp³-hybridized carbons (Fsp3) is 0.619. The molecule has 2 heterocycles. The van der Waals surface area contributed by atoms with Gasteiger partial charge in [0.15, 0.2) is 11.6 Å². The average Bonchev–Trinajstić information content (AvgIpc) is 3.22. The number of likely N-dealkylation sites (tertiary alicyclic amines) is 2. The predicted octanol–water partition coefficient (Wildman–Crippen LogP) is 2.22. The number of carbonyl (C=O) groups excluding carboxylic acids is 2. The molecule has 1 aromatic carbocycles. The molecule has 4 rings (SSSR count). The summed E-state index contributed by atoms with van der Waals surface area (Å²) in [4.78, 5) is 28.8. The molecule has 3 atom stereocenters. The van der Waals surface area contributed by atoms with Crippen LogP contribution in [0.1, 0.15) is 37.7 Å². The average molecular weight is 409 g/mol. The van der Waals surface area contributed by atoms with E-state index in [0.29, 0.717) is 44.0 Å². The summed E-state index contributed by atoms with van der Waals surface area (Å²) in [5.41, 5.74) is 5.97. The van der Waals surface area contributed by atoms with Crippen LogP contribution in [0.3, 0.4) is 0 Å². The van der Waals surface area contributed by atoms with Crippen molar-refractivity contribution in [3.8, 4) is 0 Å². The van der Waals surface area contributed by atoms with Crippen molar-refractivity contribution in [2.24, 2.45) is 17.6 Å². The Morgan fingerprint density at radius 2 is 1.76 bits per heavy atom. The van der Waals surface area contributed by atoms with Crippen LogP contribution in [-0.2, 0) is 16.0 Å². The Balaban J connectivity index is 1.32. The molecule has 1 saturated carbocycles. The van der Waals surface area contributed by atoms with Crippen LogP contribution in [0.4, 0.5) is 13.2 Å². The van der Waals surface area contributed by atoms with Crippen LogP contribution in [-0.4, -0.2) is 53.3 Å². The molecule has 0 bridgehead atoms. The molecule has 1 aromatic rings. The van der Waals surface area contributed by atoms with E-state index in [4.69, 9.17) is 5.73 Å². The molecule has 2 amide bonds. The van der Waals surface area contributed by atoms with Crippen LogP contribution in [0.15, 0.2) is 12.1 Å². The van der Waals surface area contributed by atoms with Crippen LogP contribution in [0.2, 0.25) is 0 Å². The highest BCUT2D eigenvalue weighted by molar-refractivity contribution is 5.79. The van der Waals surface area contributed by atoms with E-state index < -0.39 is 23.5 Å². The second kappa shape index (κ2) is 7.97. The molecule has 29 heavy (non-hydrogen) atoms. The first-order valence-corrected chi connectivity index (χ1v) is 10.3. The first-order valence-electron chi connectivity index (χ1n) is 10.3. The highest BCUT2D eigenvalue weighted by atomic mass is 19.2. The molecule has 2 aliphatic heterocycles. The molecule has 3 aliphatic rings. The SMILES string of the molecule is N[C@@H](CC(=O)N1CC[C@H]2CN(C(=O)CC3CC3)C[C@H]21)Cc1cc(F)c(F)cc1F. The number of nitrogens with zero attached hydrogens (tertiary/aromatic N) is 2. The van der Waals surface area contributed by atoms with Crippen molar-refractivity contribution in [1.29, 1.82) is 0 Å². The molecule has 0 radical (unpaired) electrons. The Morgan fingerprint density at radius 1 is 1.03 bits per heavy atom. The Kier molecular flexibility index (Phi) is 5.55. The fourth-order valence-corrected chi connectivity index (χ4v) is 4.59. The number of rotatable bonds is 6. The Morgan fingerprint density at radius 3 is 2.48 bits per heavy atom. The smallest absolute Gasteiger partial charge is 0.224 e. The molecule has 2 saturated heterocycles. The molecule has 8 heteroatoms. The number of hydrogen-bond acceptors (Lipinski definition) is 3. The number of carbonyl (C=O) groups is 2. The molecule has 0 spiro atoms. The molecule has 1 aliphatic carbocycles. The van der Waals surface area contributed by atoms with Gasteiger partial charge in [-0.1, -0.05) is 0 Å². The summed E-state index contributed by atoms with van der Waals surface area (Å²) in [6.45, 7) is 1.90. The van der Waals surface area contributed by atoms with Gasteiger partial charge in [0.05, 0.1) is 6.04 Å². The van der Waals surface area contributed by atoms with E-state index in [1.807, 2.05) is 4.90 Å². The van der Waals surface area contributed by atoms with E-state index >= 15 is 0 Å². The van der Waals surface area contributed by atoms with Gasteiger partial charge in [0, 0.05) is 50.5 Å². The lowest BCUT2D eigenvalue weighted by atomic mass is 10.0. The minimum Gasteiger partial charge on any atom is -0.340 e. The number of nitrogens with two attached hydrogens (primary N) is 1. The van der Waals surface area contributed by atoms with Crippen molar-refractivity contribution < 1.29 is 22.8 Å². The van der Waals surface area contributed by atoms with Gasteiger partial charge in [-0.05, 0) is 43.2 Å². The van der Waals surface area contributed by atoms with Crippen molar-refractivity contribution in [3.05, 3.63) is 35.1 Å². The summed E-state index contributed by atoms with van der Waals surface area (Å²) >= 11 is 0. The highest BCUT2D eigenvalue weighted by Gasteiger charge is 2.45. The standard InChI is InChI=1S/C21H26F3N3O2/c22-16-9-18(24)17(23)7-14(16)6-15(25)8-21(29)27-4-3-13-10-26(11-19(13)27)20(28)5-12-1-2-12/h7,9,12-13,15,19H,1-6,8,10-11,25H2/t13-,15+,19+/m0/s1. The van der Waals surface area contributed by atoms with Gasteiger partial charge >= 0.3 is 0 Å². The lowest BCUT2D eigenvalue weighted by Crippen LogP contribution is -2.43. The van der Waals surface area contributed by atoms with Gasteiger partial charge in [0.2, 0.25) is 11.8 Å². The van der Waals surface area contributed by atoms with Crippen LogP contribution < -0.4 is 5.73 Å². The molecule has 5 nitrogen and oxygen atoms in total. The number of benzene rings is 1. The van der Waals surface area contributed by atoms with Crippen LogP contribution in [0, 0.1) is 29.3 Å². The molecular formula is C21H26F3N3O2. The predicted molar refractivity (Wildman–Crippen MR) is 100 cm³/mol. The summed E-state index contributed by atoms with van der Waals surface area (Å²) in [6.07, 6.45) is 3.68. The molecule has 158 valence electrons. The number of halogens is 3. The summed E-state index contributed by atoms with van der Waals surface area (Å²) in [5.74, 6) is -2.37. The Bertz CT molecular complexity index is 815. The third kappa shape index (κ3) is 4.42. The maximum atomic E-state index is 13.8. The second-order valence-electron chi connectivity index (χ2n) is 8.68. The number of hydrogen-bond donors (Lipinski definition) is 1. The Hall–Kier alpha value is -2.09. The van der Waals surface area contributed by atoms with Gasteiger partial charge in [-0.15, -0.1) is 0 Å². The third-order valence-electron chi connectivity index (χ3n) is 6.39. The fourth-order valence-electron chi connectivity index (χ4n) is 4.59. The van der Waals surface area contributed by atoms with Crippen molar-refractivity contribution in [1.82, 2.24) is 9.80 Å². The van der Waals surface area contributed by atoms with Crippen molar-refractivity contribution in [3.63, 3.8) is 0 Å². The molecule has 3 fully saturated rings. The quantitative estimate of drug-likeness (QED) is 0.733. The van der Waals surface area contributed by atoms with Crippen molar-refractivity contribution >= 4 is 11.8 Å². The summed E-state index contributed by atoms with van der Waals surface area (Å²) in [6, 6.07) is 0.602. The van der Waals surface area contributed by atoms with Gasteiger partial charge in [-0.2, -0.15) is 0 Å². The van der Waals surface area contributed by atoms with Gasteiger partial charge in [-0.3, -0.25) is 9.59 Å². The third-order valence-corrected chi connectivity index (χ3v) is 6.39. The van der Waals surface area contributed by atoms with Gasteiger partial charge in [0.1, 0.15) is 5.82 Å². The zero-order valence-electron chi connectivity index (χ0n) is 16.3. The van der Waals surface area contributed by atoms with E-state index in [0.717, 1.165) is 25.3 Å². The Labute approximate surface area is 168 Å². The minimum absolute atomic E-state index is 0.00231. The first kappa shape index (κ1) is 20.2. The van der Waals surface area contributed by atoms with E-state index in [1.54, 1.807) is 4.90 Å². The van der Waals surface area contributed by atoms with Crippen molar-refractivity contribution in [2.45, 2.75) is 50.6 Å². The van der Waals surface area contributed by atoms with Crippen LogP contribution in [0.25, 0.3) is 0 Å². The minimum atomic E-state index is -1.25. The number of amides is 2. The molecule has 2 N–H and O–H groups in total. The highest BCUT2D eigenvalue weighted by Crippen LogP contribution is 2.36. The van der Waals surface area contributed by atoms with Gasteiger partial charge < -0.3 is 15.5 Å². The second-order valence-corrected chi connectivity index (χ2v) is 8.68. The summed E-state index contributed by atoms with van der Waals surface area (Å²) < 4.78 is 40.2. The lowest BCUT2D eigenvalue weighted by Gasteiger charge is -2.26. The first-order chi connectivity index (χ1) is 13.8. The normalized spacial score (nSPS) is 24.7. The van der Waals surface area contributed by atoms with Gasteiger partial charge in [-0.25, -0.2) is 13.2 Å². The summed E-state index contributed by atoms with van der Waals surface area (Å²) in [7, 11) is 0. The maximum Gasteiger partial charge on any atom is 0.224 e. The maximum absolute atomic E-state index is 13.8. The number of fused-ring (bicyclic) bond motifs is 1. The molecular weight excluding hydrogens is 383 g/mol. The topological polar surface area (TPSA) is 66.6 Å². The van der Waals surface area contributed by atoms with E-state index in [2.05, 4.69) is 0 Å². The zero-order valence-corrected chi connectivity index (χ0v) is 16.3. The largest absolute Gasteiger partial charge is 0.340 e.